The molecule has 0 unspecified atom stereocenters. The van der Waals surface area contributed by atoms with Crippen molar-refractivity contribution in [3.05, 3.63) is 70.9 Å². The van der Waals surface area contributed by atoms with Gasteiger partial charge in [0, 0.05) is 49.8 Å². The van der Waals surface area contributed by atoms with Crippen LogP contribution in [0.3, 0.4) is 0 Å². The monoisotopic (exact) mass is 592 g/mol. The molecule has 0 aliphatic carbocycles. The fourth-order valence-corrected chi connectivity index (χ4v) is 5.74. The third-order valence-corrected chi connectivity index (χ3v) is 8.28. The molecule has 42 heavy (non-hydrogen) atoms. The SMILES string of the molecule is CCOC(=O)C1CCN(C(=O)c2ccc(CSc3nc(C)cc(N(C)CCc4ccc(OC)c(OC)c4)n3)cc2)CC1. The lowest BCUT2D eigenvalue weighted by Crippen LogP contribution is -2.40. The summed E-state index contributed by atoms with van der Waals surface area (Å²) in [4.78, 5) is 38.4. The minimum absolute atomic E-state index is 0.000655. The molecule has 1 saturated heterocycles. The van der Waals surface area contributed by atoms with Crippen LogP contribution in [0.2, 0.25) is 0 Å². The fraction of sp³-hybridized carbons (Fsp3) is 0.438. The highest BCUT2D eigenvalue weighted by atomic mass is 32.2. The van der Waals surface area contributed by atoms with Crippen molar-refractivity contribution in [1.82, 2.24) is 14.9 Å². The number of ether oxygens (including phenoxy) is 3. The third-order valence-electron chi connectivity index (χ3n) is 7.37. The highest BCUT2D eigenvalue weighted by molar-refractivity contribution is 7.98. The molecule has 2 aromatic carbocycles. The van der Waals surface area contributed by atoms with Crippen molar-refractivity contribution in [3.8, 4) is 11.5 Å². The smallest absolute Gasteiger partial charge is 0.309 e. The number of benzene rings is 2. The quantitative estimate of drug-likeness (QED) is 0.160. The molecule has 10 heteroatoms. The summed E-state index contributed by atoms with van der Waals surface area (Å²) in [6.45, 7) is 6.09. The lowest BCUT2D eigenvalue weighted by Gasteiger charge is -2.31. The topological polar surface area (TPSA) is 94.1 Å². The van der Waals surface area contributed by atoms with Crippen LogP contribution in [0.1, 0.15) is 46.9 Å². The van der Waals surface area contributed by atoms with Gasteiger partial charge in [-0.1, -0.05) is 30.0 Å². The second kappa shape index (κ2) is 14.9. The van der Waals surface area contributed by atoms with E-state index in [2.05, 4.69) is 16.0 Å². The Kier molecular flexibility index (Phi) is 11.1. The Morgan fingerprint density at radius 1 is 0.976 bits per heavy atom. The summed E-state index contributed by atoms with van der Waals surface area (Å²) in [6.07, 6.45) is 2.11. The number of carbonyl (C=O) groups is 2. The number of esters is 1. The van der Waals surface area contributed by atoms with Gasteiger partial charge in [-0.2, -0.15) is 0 Å². The van der Waals surface area contributed by atoms with Gasteiger partial charge in [-0.25, -0.2) is 9.97 Å². The number of hydrogen-bond acceptors (Lipinski definition) is 9. The van der Waals surface area contributed by atoms with Gasteiger partial charge in [0.2, 0.25) is 0 Å². The number of hydrogen-bond donors (Lipinski definition) is 0. The summed E-state index contributed by atoms with van der Waals surface area (Å²) >= 11 is 1.57. The first-order valence-corrected chi connectivity index (χ1v) is 15.2. The summed E-state index contributed by atoms with van der Waals surface area (Å²) in [5.41, 5.74) is 3.81. The number of aryl methyl sites for hydroxylation is 1. The zero-order valence-electron chi connectivity index (χ0n) is 25.1. The van der Waals surface area contributed by atoms with Crippen LogP contribution < -0.4 is 14.4 Å². The molecule has 4 rings (SSSR count). The van der Waals surface area contributed by atoms with Gasteiger partial charge in [0.1, 0.15) is 5.82 Å². The van der Waals surface area contributed by atoms with E-state index in [0.29, 0.717) is 49.0 Å². The average Bonchev–Trinajstić information content (AvgIpc) is 3.02. The van der Waals surface area contributed by atoms with E-state index in [0.717, 1.165) is 47.1 Å². The van der Waals surface area contributed by atoms with Crippen molar-refractivity contribution in [2.75, 3.05) is 52.4 Å². The fourth-order valence-electron chi connectivity index (χ4n) is 4.89. The van der Waals surface area contributed by atoms with Crippen LogP contribution in [0.15, 0.2) is 53.7 Å². The first-order chi connectivity index (χ1) is 20.3. The van der Waals surface area contributed by atoms with Crippen LogP contribution in [0.4, 0.5) is 5.82 Å². The number of likely N-dealkylation sites (N-methyl/N-ethyl adjacent to an activating group) is 1. The van der Waals surface area contributed by atoms with E-state index < -0.39 is 0 Å². The van der Waals surface area contributed by atoms with Gasteiger partial charge in [-0.15, -0.1) is 0 Å². The Bertz CT molecular complexity index is 1360. The normalized spacial score (nSPS) is 13.5. The minimum atomic E-state index is -0.155. The first-order valence-electron chi connectivity index (χ1n) is 14.3. The molecular formula is C32H40N4O5S. The molecule has 1 aliphatic rings. The van der Waals surface area contributed by atoms with E-state index >= 15 is 0 Å². The summed E-state index contributed by atoms with van der Waals surface area (Å²) in [6, 6.07) is 15.7. The minimum Gasteiger partial charge on any atom is -0.493 e. The molecule has 0 saturated carbocycles. The van der Waals surface area contributed by atoms with Gasteiger partial charge in [0.15, 0.2) is 16.7 Å². The molecule has 2 heterocycles. The zero-order chi connectivity index (χ0) is 30.1. The molecule has 224 valence electrons. The van der Waals surface area contributed by atoms with Crippen molar-refractivity contribution in [2.24, 2.45) is 5.92 Å². The Morgan fingerprint density at radius 2 is 1.67 bits per heavy atom. The maximum Gasteiger partial charge on any atom is 0.309 e. The number of thioether (sulfide) groups is 1. The molecule has 9 nitrogen and oxygen atoms in total. The van der Waals surface area contributed by atoms with Crippen LogP contribution in [0.5, 0.6) is 11.5 Å². The number of aromatic nitrogens is 2. The van der Waals surface area contributed by atoms with Crippen LogP contribution in [-0.4, -0.2) is 74.3 Å². The molecule has 0 N–H and O–H groups in total. The summed E-state index contributed by atoms with van der Waals surface area (Å²) < 4.78 is 15.9. The molecule has 0 spiro atoms. The molecule has 0 bridgehead atoms. The van der Waals surface area contributed by atoms with Crippen LogP contribution in [0, 0.1) is 12.8 Å². The van der Waals surface area contributed by atoms with Gasteiger partial charge in [-0.3, -0.25) is 9.59 Å². The Balaban J connectivity index is 1.30. The number of nitrogens with zero attached hydrogens (tertiary/aromatic N) is 4. The van der Waals surface area contributed by atoms with Crippen molar-refractivity contribution >= 4 is 29.5 Å². The standard InChI is InChI=1S/C32H40N4O5S/c1-6-41-31(38)26-14-17-36(18-15-26)30(37)25-10-7-24(8-11-25)21-42-32-33-22(2)19-29(34-32)35(3)16-13-23-9-12-27(39-4)28(20-23)40-5/h7-12,19-20,26H,6,13-18,21H2,1-5H3. The average molecular weight is 593 g/mol. The number of amides is 1. The van der Waals surface area contributed by atoms with Gasteiger partial charge < -0.3 is 24.0 Å². The predicted octanol–water partition coefficient (Wildman–Crippen LogP) is 5.19. The highest BCUT2D eigenvalue weighted by Gasteiger charge is 2.28. The van der Waals surface area contributed by atoms with Crippen molar-refractivity contribution in [1.29, 1.82) is 0 Å². The molecule has 0 atom stereocenters. The second-order valence-electron chi connectivity index (χ2n) is 10.3. The number of rotatable bonds is 12. The lowest BCUT2D eigenvalue weighted by molar-refractivity contribution is -0.149. The van der Waals surface area contributed by atoms with Crippen LogP contribution in [0.25, 0.3) is 0 Å². The number of methoxy groups -OCH3 is 2. The molecule has 1 amide bonds. The summed E-state index contributed by atoms with van der Waals surface area (Å²) in [5, 5.41) is 0.715. The highest BCUT2D eigenvalue weighted by Crippen LogP contribution is 2.28. The number of carbonyl (C=O) groups excluding carboxylic acids is 2. The van der Waals surface area contributed by atoms with Gasteiger partial charge in [-0.05, 0) is 68.5 Å². The van der Waals surface area contributed by atoms with E-state index in [4.69, 9.17) is 19.2 Å². The van der Waals surface area contributed by atoms with E-state index in [1.807, 2.05) is 68.3 Å². The maximum absolute atomic E-state index is 13.0. The molecule has 0 radical (unpaired) electrons. The van der Waals surface area contributed by atoms with E-state index in [-0.39, 0.29) is 17.8 Å². The first kappa shape index (κ1) is 31.2. The van der Waals surface area contributed by atoms with Crippen LogP contribution in [-0.2, 0) is 21.7 Å². The Labute approximate surface area is 252 Å². The van der Waals surface area contributed by atoms with Crippen molar-refractivity contribution in [2.45, 2.75) is 44.0 Å². The van der Waals surface area contributed by atoms with E-state index in [1.54, 1.807) is 26.0 Å². The van der Waals surface area contributed by atoms with Crippen molar-refractivity contribution < 1.29 is 23.8 Å². The largest absolute Gasteiger partial charge is 0.493 e. The summed E-state index contributed by atoms with van der Waals surface area (Å²) in [5.74, 6) is 2.74. The van der Waals surface area contributed by atoms with Crippen LogP contribution >= 0.6 is 11.8 Å². The molecule has 1 aliphatic heterocycles. The Morgan fingerprint density at radius 3 is 2.33 bits per heavy atom. The molecular weight excluding hydrogens is 552 g/mol. The zero-order valence-corrected chi connectivity index (χ0v) is 25.9. The van der Waals surface area contributed by atoms with Gasteiger partial charge in [0.25, 0.3) is 5.91 Å². The van der Waals surface area contributed by atoms with E-state index in [1.165, 1.54) is 0 Å². The number of piperidine rings is 1. The van der Waals surface area contributed by atoms with E-state index in [9.17, 15) is 9.59 Å². The molecule has 3 aromatic rings. The number of anilines is 1. The molecule has 1 aromatic heterocycles. The lowest BCUT2D eigenvalue weighted by atomic mass is 9.96. The third kappa shape index (κ3) is 8.15. The predicted molar refractivity (Wildman–Crippen MR) is 165 cm³/mol. The molecule has 1 fully saturated rings. The van der Waals surface area contributed by atoms with Gasteiger partial charge >= 0.3 is 5.97 Å². The van der Waals surface area contributed by atoms with Gasteiger partial charge in [0.05, 0.1) is 26.7 Å². The Hall–Kier alpha value is -3.79. The second-order valence-corrected chi connectivity index (χ2v) is 11.3. The summed E-state index contributed by atoms with van der Waals surface area (Å²) in [7, 11) is 5.31. The maximum atomic E-state index is 13.0. The number of likely N-dealkylation sites (tertiary alicyclic amines) is 1. The van der Waals surface area contributed by atoms with Crippen molar-refractivity contribution in [3.63, 3.8) is 0 Å².